The Bertz CT molecular complexity index is 1630. The standard InChI is InChI=1S/C34H38N8O4/c35-41-38-23-27-12-5-4-11-26(27)21-34(33(44)37-22-24-9-2-1-3-10-24)31(29-13-6-7-14-30(29)40-42-36)46-32(39-34)25-15-17-28(18-16-25)45-20-8-19-43/h4-7,11-18,24,31,43H,1-3,8-10,19-23H2,(H,37,44)/t31-,34-/m1/s1. The summed E-state index contributed by atoms with van der Waals surface area (Å²) in [6.45, 7) is 1.06. The van der Waals surface area contributed by atoms with Crippen LogP contribution in [0.4, 0.5) is 5.69 Å². The van der Waals surface area contributed by atoms with Crippen molar-refractivity contribution < 1.29 is 19.4 Å². The van der Waals surface area contributed by atoms with Crippen LogP contribution in [-0.4, -0.2) is 42.2 Å². The van der Waals surface area contributed by atoms with E-state index in [2.05, 4.69) is 25.4 Å². The van der Waals surface area contributed by atoms with Crippen molar-refractivity contribution in [1.29, 1.82) is 0 Å². The number of hydrogen-bond acceptors (Lipinski definition) is 7. The third kappa shape index (κ3) is 7.61. The number of rotatable bonds is 14. The normalized spacial score (nSPS) is 19.2. The number of carbonyl (C=O) groups is 1. The molecule has 46 heavy (non-hydrogen) atoms. The number of ether oxygens (including phenoxy) is 2. The smallest absolute Gasteiger partial charge is 0.252 e. The van der Waals surface area contributed by atoms with Gasteiger partial charge in [0, 0.05) is 52.6 Å². The lowest BCUT2D eigenvalue weighted by molar-refractivity contribution is -0.129. The lowest BCUT2D eigenvalue weighted by atomic mass is 9.80. The highest BCUT2D eigenvalue weighted by Crippen LogP contribution is 2.46. The summed E-state index contributed by atoms with van der Waals surface area (Å²) in [5.74, 6) is 0.980. The van der Waals surface area contributed by atoms with Crippen molar-refractivity contribution in [2.45, 2.75) is 63.1 Å². The van der Waals surface area contributed by atoms with Crippen molar-refractivity contribution in [3.63, 3.8) is 0 Å². The van der Waals surface area contributed by atoms with Gasteiger partial charge in [-0.05, 0) is 65.2 Å². The van der Waals surface area contributed by atoms with Crippen LogP contribution < -0.4 is 10.1 Å². The zero-order valence-electron chi connectivity index (χ0n) is 25.7. The summed E-state index contributed by atoms with van der Waals surface area (Å²) >= 11 is 0. The van der Waals surface area contributed by atoms with Crippen molar-refractivity contribution >= 4 is 17.5 Å². The first-order chi connectivity index (χ1) is 22.6. The molecule has 2 atom stereocenters. The van der Waals surface area contributed by atoms with Gasteiger partial charge in [0.15, 0.2) is 11.6 Å². The Morgan fingerprint density at radius 1 is 1.00 bits per heavy atom. The summed E-state index contributed by atoms with van der Waals surface area (Å²) in [4.78, 5) is 25.7. The van der Waals surface area contributed by atoms with E-state index in [1.807, 2.05) is 42.5 Å². The van der Waals surface area contributed by atoms with Crippen LogP contribution in [0.1, 0.15) is 66.9 Å². The Morgan fingerprint density at radius 3 is 2.48 bits per heavy atom. The van der Waals surface area contributed by atoms with E-state index in [0.29, 0.717) is 48.1 Å². The summed E-state index contributed by atoms with van der Waals surface area (Å²) in [6, 6.07) is 21.8. The average Bonchev–Trinajstić information content (AvgIpc) is 3.48. The van der Waals surface area contributed by atoms with Crippen LogP contribution in [-0.2, 0) is 22.5 Å². The highest BCUT2D eigenvalue weighted by atomic mass is 16.5. The number of nitrogens with zero attached hydrogens (tertiary/aromatic N) is 7. The number of azide groups is 2. The van der Waals surface area contributed by atoms with Gasteiger partial charge in [0.2, 0.25) is 5.90 Å². The Morgan fingerprint density at radius 2 is 1.74 bits per heavy atom. The molecule has 0 saturated heterocycles. The fourth-order valence-corrected chi connectivity index (χ4v) is 6.17. The zero-order chi connectivity index (χ0) is 32.2. The molecule has 0 aromatic heterocycles. The molecule has 3 aromatic rings. The van der Waals surface area contributed by atoms with Crippen LogP contribution in [0.2, 0.25) is 0 Å². The molecule has 238 valence electrons. The molecular formula is C34H38N8O4. The van der Waals surface area contributed by atoms with Crippen molar-refractivity contribution in [3.05, 3.63) is 116 Å². The van der Waals surface area contributed by atoms with Gasteiger partial charge in [0.05, 0.1) is 13.2 Å². The Labute approximate surface area is 267 Å². The quantitative estimate of drug-likeness (QED) is 0.0824. The SMILES string of the molecule is [N-]=[N+]=NCc1ccccc1C[C@@]1(C(=O)NCC2CCCCC2)N=C(c2ccc(OCCCO)cc2)O[C@@H]1c1ccccc1N=[N+]=[N-]. The van der Waals surface area contributed by atoms with Gasteiger partial charge in [0.25, 0.3) is 5.91 Å². The number of aliphatic hydroxyl groups is 1. The number of aliphatic imine (C=N–C) groups is 1. The van der Waals surface area contributed by atoms with Crippen LogP contribution in [0.25, 0.3) is 20.9 Å². The largest absolute Gasteiger partial charge is 0.494 e. The zero-order valence-corrected chi connectivity index (χ0v) is 25.7. The van der Waals surface area contributed by atoms with Gasteiger partial charge < -0.3 is 19.9 Å². The van der Waals surface area contributed by atoms with Gasteiger partial charge in [0.1, 0.15) is 5.75 Å². The summed E-state index contributed by atoms with van der Waals surface area (Å²) in [6.07, 6.45) is 5.33. The fraction of sp³-hybridized carbons (Fsp3) is 0.412. The van der Waals surface area contributed by atoms with E-state index in [-0.39, 0.29) is 31.4 Å². The number of nitrogens with one attached hydrogen (secondary N) is 1. The number of carbonyl (C=O) groups excluding carboxylic acids is 1. The molecule has 1 saturated carbocycles. The first-order valence-electron chi connectivity index (χ1n) is 15.7. The number of amides is 1. The van der Waals surface area contributed by atoms with Gasteiger partial charge in [-0.25, -0.2) is 4.99 Å². The molecule has 0 spiro atoms. The molecule has 12 heteroatoms. The molecule has 1 aliphatic heterocycles. The molecule has 2 aliphatic rings. The lowest BCUT2D eigenvalue weighted by Crippen LogP contribution is -2.51. The molecule has 1 amide bonds. The highest BCUT2D eigenvalue weighted by molar-refractivity contribution is 6.01. The molecule has 5 rings (SSSR count). The second-order valence-electron chi connectivity index (χ2n) is 11.6. The van der Waals surface area contributed by atoms with Crippen LogP contribution >= 0.6 is 0 Å². The van der Waals surface area contributed by atoms with Gasteiger partial charge in [-0.1, -0.05) is 78.0 Å². The maximum absolute atomic E-state index is 14.6. The molecule has 12 nitrogen and oxygen atoms in total. The predicted molar refractivity (Wildman–Crippen MR) is 175 cm³/mol. The topological polar surface area (TPSA) is 178 Å². The number of aliphatic hydroxyl groups excluding tert-OH is 1. The first kappa shape index (κ1) is 32.4. The van der Waals surface area contributed by atoms with Gasteiger partial charge >= 0.3 is 0 Å². The van der Waals surface area contributed by atoms with E-state index in [1.165, 1.54) is 6.42 Å². The van der Waals surface area contributed by atoms with E-state index in [1.54, 1.807) is 30.3 Å². The van der Waals surface area contributed by atoms with E-state index in [0.717, 1.165) is 36.8 Å². The molecule has 0 unspecified atom stereocenters. The maximum atomic E-state index is 14.6. The minimum absolute atomic E-state index is 0.0400. The van der Waals surface area contributed by atoms with Gasteiger partial charge in [-0.2, -0.15) is 0 Å². The molecule has 2 N–H and O–H groups in total. The van der Waals surface area contributed by atoms with Crippen LogP contribution in [0.3, 0.4) is 0 Å². The minimum atomic E-state index is -1.49. The van der Waals surface area contributed by atoms with E-state index < -0.39 is 11.6 Å². The van der Waals surface area contributed by atoms with Crippen molar-refractivity contribution in [2.75, 3.05) is 19.8 Å². The third-order valence-corrected chi connectivity index (χ3v) is 8.56. The van der Waals surface area contributed by atoms with Gasteiger partial charge in [-0.15, -0.1) is 0 Å². The molecular weight excluding hydrogens is 584 g/mol. The third-order valence-electron chi connectivity index (χ3n) is 8.56. The monoisotopic (exact) mass is 622 g/mol. The summed E-state index contributed by atoms with van der Waals surface area (Å²) in [7, 11) is 0. The Hall–Kier alpha value is -5.02. The maximum Gasteiger partial charge on any atom is 0.252 e. The van der Waals surface area contributed by atoms with E-state index in [4.69, 9.17) is 25.1 Å². The highest BCUT2D eigenvalue weighted by Gasteiger charge is 2.54. The Balaban J connectivity index is 1.61. The van der Waals surface area contributed by atoms with Gasteiger partial charge in [-0.3, -0.25) is 4.79 Å². The van der Waals surface area contributed by atoms with Crippen molar-refractivity contribution in [1.82, 2.24) is 5.32 Å². The molecule has 1 heterocycles. The molecule has 3 aromatic carbocycles. The second kappa shape index (κ2) is 15.8. The number of benzene rings is 3. The summed E-state index contributed by atoms with van der Waals surface area (Å²) < 4.78 is 12.3. The summed E-state index contributed by atoms with van der Waals surface area (Å²) in [5, 5.41) is 20.0. The van der Waals surface area contributed by atoms with E-state index >= 15 is 0 Å². The minimum Gasteiger partial charge on any atom is -0.494 e. The first-order valence-corrected chi connectivity index (χ1v) is 15.7. The number of hydrogen-bond donors (Lipinski definition) is 2. The molecule has 0 bridgehead atoms. The fourth-order valence-electron chi connectivity index (χ4n) is 6.17. The lowest BCUT2D eigenvalue weighted by Gasteiger charge is -2.33. The second-order valence-corrected chi connectivity index (χ2v) is 11.6. The molecule has 1 aliphatic carbocycles. The average molecular weight is 623 g/mol. The summed E-state index contributed by atoms with van der Waals surface area (Å²) in [5.41, 5.74) is 20.0. The molecule has 1 fully saturated rings. The van der Waals surface area contributed by atoms with Crippen LogP contribution in [0, 0.1) is 5.92 Å². The van der Waals surface area contributed by atoms with Crippen molar-refractivity contribution in [2.24, 2.45) is 21.1 Å². The van der Waals surface area contributed by atoms with E-state index in [9.17, 15) is 10.3 Å². The van der Waals surface area contributed by atoms with Crippen LogP contribution in [0.15, 0.2) is 88.0 Å². The predicted octanol–water partition coefficient (Wildman–Crippen LogP) is 7.40. The molecule has 0 radical (unpaired) electrons. The Kier molecular flexibility index (Phi) is 11.1. The van der Waals surface area contributed by atoms with Crippen molar-refractivity contribution in [3.8, 4) is 5.75 Å². The van der Waals surface area contributed by atoms with Crippen LogP contribution in [0.5, 0.6) is 5.75 Å².